The number of carbonyl (C=O) groups excluding carboxylic acids is 1. The molecule has 0 radical (unpaired) electrons. The fourth-order valence-corrected chi connectivity index (χ4v) is 1.44. The molecule has 1 rings (SSSR count). The Kier molecular flexibility index (Phi) is 3.57. The van der Waals surface area contributed by atoms with Crippen LogP contribution in [0.5, 0.6) is 0 Å². The van der Waals surface area contributed by atoms with Crippen molar-refractivity contribution >= 4 is 21.9 Å². The second kappa shape index (κ2) is 4.50. The van der Waals surface area contributed by atoms with E-state index < -0.39 is 17.6 Å². The van der Waals surface area contributed by atoms with Gasteiger partial charge in [-0.2, -0.15) is 0 Å². The van der Waals surface area contributed by atoms with Crippen molar-refractivity contribution in [3.05, 3.63) is 33.8 Å². The van der Waals surface area contributed by atoms with Crippen molar-refractivity contribution in [3.8, 4) is 0 Å². The highest BCUT2D eigenvalue weighted by molar-refractivity contribution is 9.10. The van der Waals surface area contributed by atoms with Gasteiger partial charge in [0.1, 0.15) is 0 Å². The van der Waals surface area contributed by atoms with Crippen LogP contribution in [-0.2, 0) is 16.0 Å². The van der Waals surface area contributed by atoms with E-state index in [0.29, 0.717) is 4.47 Å². The van der Waals surface area contributed by atoms with Gasteiger partial charge in [-0.15, -0.1) is 0 Å². The van der Waals surface area contributed by atoms with Crippen LogP contribution in [0.1, 0.15) is 5.56 Å². The Balaban J connectivity index is 3.02. The Labute approximate surface area is 88.0 Å². The summed E-state index contributed by atoms with van der Waals surface area (Å²) < 4.78 is 30.6. The largest absolute Gasteiger partial charge is 0.469 e. The van der Waals surface area contributed by atoms with Crippen LogP contribution >= 0.6 is 15.9 Å². The van der Waals surface area contributed by atoms with Crippen LogP contribution < -0.4 is 0 Å². The molecule has 0 aliphatic heterocycles. The van der Waals surface area contributed by atoms with Gasteiger partial charge in [0.25, 0.3) is 0 Å². The number of ether oxygens (including phenoxy) is 1. The second-order valence-corrected chi connectivity index (χ2v) is 3.53. The SMILES string of the molecule is COC(=O)Cc1cc(Br)cc(F)c1F. The molecular weight excluding hydrogens is 258 g/mol. The first-order chi connectivity index (χ1) is 6.54. The van der Waals surface area contributed by atoms with Crippen LogP contribution in [0, 0.1) is 11.6 Å². The molecule has 1 aromatic rings. The molecule has 76 valence electrons. The fraction of sp³-hybridized carbons (Fsp3) is 0.222. The molecule has 0 aliphatic carbocycles. The molecule has 0 bridgehead atoms. The topological polar surface area (TPSA) is 26.3 Å². The van der Waals surface area contributed by atoms with Gasteiger partial charge in [-0.25, -0.2) is 8.78 Å². The lowest BCUT2D eigenvalue weighted by molar-refractivity contribution is -0.139. The van der Waals surface area contributed by atoms with E-state index in [0.717, 1.165) is 6.07 Å². The van der Waals surface area contributed by atoms with Gasteiger partial charge in [0.15, 0.2) is 11.6 Å². The summed E-state index contributed by atoms with van der Waals surface area (Å²) in [6.07, 6.45) is -0.279. The molecule has 0 aromatic heterocycles. The van der Waals surface area contributed by atoms with Crippen molar-refractivity contribution < 1.29 is 18.3 Å². The van der Waals surface area contributed by atoms with Crippen molar-refractivity contribution in [1.82, 2.24) is 0 Å². The average Bonchev–Trinajstić information content (AvgIpc) is 2.13. The van der Waals surface area contributed by atoms with Crippen LogP contribution in [0.15, 0.2) is 16.6 Å². The van der Waals surface area contributed by atoms with Gasteiger partial charge in [0.05, 0.1) is 13.5 Å². The molecule has 1 aromatic carbocycles. The molecule has 5 heteroatoms. The third-order valence-electron chi connectivity index (χ3n) is 1.63. The van der Waals surface area contributed by atoms with E-state index in [1.807, 2.05) is 0 Å². The molecule has 2 nitrogen and oxygen atoms in total. The molecule has 0 spiro atoms. The van der Waals surface area contributed by atoms with E-state index in [9.17, 15) is 13.6 Å². The molecule has 0 heterocycles. The minimum absolute atomic E-state index is 0.0243. The minimum Gasteiger partial charge on any atom is -0.469 e. The molecule has 0 saturated carbocycles. The molecule has 0 aliphatic rings. The molecular formula is C9H7BrF2O2. The highest BCUT2D eigenvalue weighted by Crippen LogP contribution is 2.19. The Hall–Kier alpha value is -0.970. The molecule has 0 fully saturated rings. The van der Waals surface area contributed by atoms with Gasteiger partial charge in [0, 0.05) is 10.0 Å². The van der Waals surface area contributed by atoms with Crippen LogP contribution in [0.25, 0.3) is 0 Å². The molecule has 0 amide bonds. The van der Waals surface area contributed by atoms with Crippen LogP contribution in [0.4, 0.5) is 8.78 Å². The highest BCUT2D eigenvalue weighted by atomic mass is 79.9. The summed E-state index contributed by atoms with van der Waals surface area (Å²) in [6, 6.07) is 2.34. The van der Waals surface area contributed by atoms with Crippen molar-refractivity contribution in [2.24, 2.45) is 0 Å². The summed E-state index contributed by atoms with van der Waals surface area (Å²) in [4.78, 5) is 10.8. The standard InChI is InChI=1S/C9H7BrF2O2/c1-14-8(13)3-5-2-6(10)4-7(11)9(5)12/h2,4H,3H2,1H3. The Morgan fingerprint density at radius 3 is 2.71 bits per heavy atom. The number of carbonyl (C=O) groups is 1. The van der Waals surface area contributed by atoms with Gasteiger partial charge in [-0.3, -0.25) is 4.79 Å². The van der Waals surface area contributed by atoms with E-state index >= 15 is 0 Å². The van der Waals surface area contributed by atoms with Crippen LogP contribution in [0.3, 0.4) is 0 Å². The average molecular weight is 265 g/mol. The Bertz CT molecular complexity index is 366. The lowest BCUT2D eigenvalue weighted by atomic mass is 10.1. The lowest BCUT2D eigenvalue weighted by Gasteiger charge is -2.03. The number of hydrogen-bond donors (Lipinski definition) is 0. The normalized spacial score (nSPS) is 10.0. The third kappa shape index (κ3) is 2.51. The Morgan fingerprint density at radius 2 is 2.14 bits per heavy atom. The number of benzene rings is 1. The number of hydrogen-bond acceptors (Lipinski definition) is 2. The maximum absolute atomic E-state index is 13.1. The molecule has 14 heavy (non-hydrogen) atoms. The zero-order valence-electron chi connectivity index (χ0n) is 7.31. The molecule has 0 N–H and O–H groups in total. The monoisotopic (exact) mass is 264 g/mol. The molecule has 0 unspecified atom stereocenters. The van der Waals surface area contributed by atoms with Gasteiger partial charge < -0.3 is 4.74 Å². The maximum Gasteiger partial charge on any atom is 0.310 e. The number of rotatable bonds is 2. The lowest BCUT2D eigenvalue weighted by Crippen LogP contribution is -2.07. The Morgan fingerprint density at radius 1 is 1.50 bits per heavy atom. The minimum atomic E-state index is -1.02. The predicted molar refractivity (Wildman–Crippen MR) is 49.8 cm³/mol. The molecule has 0 atom stereocenters. The van der Waals surface area contributed by atoms with Crippen LogP contribution in [-0.4, -0.2) is 13.1 Å². The summed E-state index contributed by atoms with van der Waals surface area (Å²) >= 11 is 3.00. The number of halogens is 3. The third-order valence-corrected chi connectivity index (χ3v) is 2.09. The summed E-state index contributed by atoms with van der Waals surface area (Å²) in [5.74, 6) is -2.61. The van der Waals surface area contributed by atoms with Crippen molar-refractivity contribution in [2.45, 2.75) is 6.42 Å². The van der Waals surface area contributed by atoms with Crippen molar-refractivity contribution in [2.75, 3.05) is 7.11 Å². The van der Waals surface area contributed by atoms with Gasteiger partial charge in [-0.05, 0) is 12.1 Å². The summed E-state index contributed by atoms with van der Waals surface area (Å²) in [7, 11) is 1.19. The van der Waals surface area contributed by atoms with Gasteiger partial charge in [0.2, 0.25) is 0 Å². The summed E-state index contributed by atoms with van der Waals surface area (Å²) in [6.45, 7) is 0. The fourth-order valence-electron chi connectivity index (χ4n) is 0.966. The zero-order valence-corrected chi connectivity index (χ0v) is 8.90. The maximum atomic E-state index is 13.1. The summed E-state index contributed by atoms with van der Waals surface area (Å²) in [5.41, 5.74) is -0.0243. The van der Waals surface area contributed by atoms with Crippen molar-refractivity contribution in [3.63, 3.8) is 0 Å². The van der Waals surface area contributed by atoms with Crippen LogP contribution in [0.2, 0.25) is 0 Å². The zero-order chi connectivity index (χ0) is 10.7. The van der Waals surface area contributed by atoms with Gasteiger partial charge >= 0.3 is 5.97 Å². The first kappa shape index (κ1) is 11.1. The second-order valence-electron chi connectivity index (χ2n) is 2.61. The first-order valence-electron chi connectivity index (χ1n) is 3.75. The van der Waals surface area contributed by atoms with E-state index in [1.54, 1.807) is 0 Å². The predicted octanol–water partition coefficient (Wildman–Crippen LogP) is 2.44. The van der Waals surface area contributed by atoms with E-state index in [-0.39, 0.29) is 12.0 Å². The first-order valence-corrected chi connectivity index (χ1v) is 4.54. The van der Waals surface area contributed by atoms with Crippen molar-refractivity contribution in [1.29, 1.82) is 0 Å². The quantitative estimate of drug-likeness (QED) is 0.606. The van der Waals surface area contributed by atoms with E-state index in [2.05, 4.69) is 20.7 Å². The number of methoxy groups -OCH3 is 1. The smallest absolute Gasteiger partial charge is 0.310 e. The van der Waals surface area contributed by atoms with E-state index in [1.165, 1.54) is 13.2 Å². The van der Waals surface area contributed by atoms with Gasteiger partial charge in [-0.1, -0.05) is 15.9 Å². The highest BCUT2D eigenvalue weighted by Gasteiger charge is 2.13. The molecule has 0 saturated heterocycles. The summed E-state index contributed by atoms with van der Waals surface area (Å²) in [5, 5.41) is 0. The number of esters is 1. The van der Waals surface area contributed by atoms with E-state index in [4.69, 9.17) is 0 Å².